The van der Waals surface area contributed by atoms with Gasteiger partial charge in [0, 0.05) is 0 Å². The van der Waals surface area contributed by atoms with Crippen LogP contribution in [0.1, 0.15) is 22.5 Å². The van der Waals surface area contributed by atoms with E-state index in [1.807, 2.05) is 0 Å². The van der Waals surface area contributed by atoms with E-state index in [0.29, 0.717) is 0 Å². The van der Waals surface area contributed by atoms with E-state index in [2.05, 4.69) is 9.72 Å². The summed E-state index contributed by atoms with van der Waals surface area (Å²) in [5.74, 6) is -1.17. The molecule has 0 aromatic carbocycles. The van der Waals surface area contributed by atoms with E-state index in [0.717, 1.165) is 13.2 Å². The number of carbonyl (C=O) groups is 1. The summed E-state index contributed by atoms with van der Waals surface area (Å²) in [6, 6.07) is 0.904. The molecule has 0 saturated carbocycles. The zero-order valence-electron chi connectivity index (χ0n) is 7.63. The minimum atomic E-state index is -2.87. The smallest absolute Gasteiger partial charge is 0.357 e. The van der Waals surface area contributed by atoms with Crippen molar-refractivity contribution in [1.29, 1.82) is 0 Å². The van der Waals surface area contributed by atoms with Crippen LogP contribution in [0.4, 0.5) is 14.6 Å². The van der Waals surface area contributed by atoms with Gasteiger partial charge in [-0.3, -0.25) is 0 Å². The fourth-order valence-corrected chi connectivity index (χ4v) is 1.10. The average Bonchev–Trinajstić information content (AvgIpc) is 2.20. The van der Waals surface area contributed by atoms with Crippen molar-refractivity contribution in [2.45, 2.75) is 6.43 Å². The van der Waals surface area contributed by atoms with Gasteiger partial charge in [-0.25, -0.2) is 18.6 Å². The Hall–Kier alpha value is -1.43. The van der Waals surface area contributed by atoms with Gasteiger partial charge in [-0.2, -0.15) is 0 Å². The molecule has 82 valence electrons. The van der Waals surface area contributed by atoms with Crippen molar-refractivity contribution in [2.24, 2.45) is 0 Å². The first-order valence-corrected chi connectivity index (χ1v) is 4.17. The monoisotopic (exact) mass is 236 g/mol. The standard InChI is InChI=1S/C8H7ClF2N2O2/c1-15-8(14)5-3(6(10)11)2-4(9)7(12)13-5/h2,6H,1H3,(H2,12,13). The van der Waals surface area contributed by atoms with E-state index in [1.165, 1.54) is 0 Å². The molecule has 1 rings (SSSR count). The van der Waals surface area contributed by atoms with E-state index in [-0.39, 0.29) is 10.8 Å². The molecule has 0 bridgehead atoms. The molecule has 0 aliphatic heterocycles. The largest absolute Gasteiger partial charge is 0.464 e. The number of nitrogens with zero attached hydrogens (tertiary/aromatic N) is 1. The molecule has 0 aliphatic carbocycles. The van der Waals surface area contributed by atoms with Gasteiger partial charge >= 0.3 is 5.97 Å². The van der Waals surface area contributed by atoms with Crippen molar-refractivity contribution in [2.75, 3.05) is 12.8 Å². The number of nitrogen functional groups attached to an aromatic ring is 1. The highest BCUT2D eigenvalue weighted by molar-refractivity contribution is 6.32. The molecule has 15 heavy (non-hydrogen) atoms. The molecule has 0 atom stereocenters. The quantitative estimate of drug-likeness (QED) is 0.798. The van der Waals surface area contributed by atoms with Crippen molar-refractivity contribution in [1.82, 2.24) is 4.98 Å². The Balaban J connectivity index is 3.34. The zero-order chi connectivity index (χ0) is 11.6. The molecule has 0 radical (unpaired) electrons. The van der Waals surface area contributed by atoms with Gasteiger partial charge < -0.3 is 10.5 Å². The molecule has 0 saturated heterocycles. The second-order valence-corrected chi connectivity index (χ2v) is 2.99. The molecule has 1 aromatic heterocycles. The van der Waals surface area contributed by atoms with Crippen molar-refractivity contribution < 1.29 is 18.3 Å². The topological polar surface area (TPSA) is 65.2 Å². The van der Waals surface area contributed by atoms with Crippen LogP contribution in [0.2, 0.25) is 5.02 Å². The van der Waals surface area contributed by atoms with Gasteiger partial charge in [-0.15, -0.1) is 0 Å². The predicted molar refractivity (Wildman–Crippen MR) is 50.0 cm³/mol. The van der Waals surface area contributed by atoms with Gasteiger partial charge in [0.1, 0.15) is 5.82 Å². The average molecular weight is 237 g/mol. The Morgan fingerprint density at radius 1 is 1.67 bits per heavy atom. The van der Waals surface area contributed by atoms with Crippen LogP contribution >= 0.6 is 11.6 Å². The van der Waals surface area contributed by atoms with Crippen LogP contribution in [-0.2, 0) is 4.74 Å². The van der Waals surface area contributed by atoms with Gasteiger partial charge in [-0.1, -0.05) is 11.6 Å². The number of hydrogen-bond donors (Lipinski definition) is 1. The van der Waals surface area contributed by atoms with Crippen LogP contribution in [0.3, 0.4) is 0 Å². The number of aromatic nitrogens is 1. The third kappa shape index (κ3) is 2.33. The minimum absolute atomic E-state index is 0.127. The number of anilines is 1. The second-order valence-electron chi connectivity index (χ2n) is 2.59. The van der Waals surface area contributed by atoms with Crippen LogP contribution in [0.15, 0.2) is 6.07 Å². The van der Waals surface area contributed by atoms with Gasteiger partial charge in [0.25, 0.3) is 6.43 Å². The summed E-state index contributed by atoms with van der Waals surface area (Å²) in [4.78, 5) is 14.5. The lowest BCUT2D eigenvalue weighted by atomic mass is 10.2. The number of alkyl halides is 2. The van der Waals surface area contributed by atoms with Crippen molar-refractivity contribution >= 4 is 23.4 Å². The van der Waals surface area contributed by atoms with Crippen LogP contribution in [0.5, 0.6) is 0 Å². The molecule has 0 fully saturated rings. The van der Waals surface area contributed by atoms with E-state index >= 15 is 0 Å². The molecular formula is C8H7ClF2N2O2. The Morgan fingerprint density at radius 3 is 2.73 bits per heavy atom. The summed E-state index contributed by atoms with van der Waals surface area (Å²) < 4.78 is 29.3. The predicted octanol–water partition coefficient (Wildman–Crippen LogP) is 2.04. The second kappa shape index (κ2) is 4.39. The summed E-state index contributed by atoms with van der Waals surface area (Å²) in [6.07, 6.45) is -2.87. The van der Waals surface area contributed by atoms with Crippen LogP contribution in [-0.4, -0.2) is 18.1 Å². The molecular weight excluding hydrogens is 230 g/mol. The van der Waals surface area contributed by atoms with Gasteiger partial charge in [0.15, 0.2) is 5.69 Å². The molecule has 0 spiro atoms. The van der Waals surface area contributed by atoms with Gasteiger partial charge in [-0.05, 0) is 6.07 Å². The fraction of sp³-hybridized carbons (Fsp3) is 0.250. The number of ether oxygens (including phenoxy) is 1. The van der Waals surface area contributed by atoms with E-state index < -0.39 is 23.7 Å². The molecule has 0 aliphatic rings. The molecule has 2 N–H and O–H groups in total. The van der Waals surface area contributed by atoms with Crippen LogP contribution in [0, 0.1) is 0 Å². The first kappa shape index (κ1) is 11.6. The number of halogens is 3. The Labute approximate surface area is 89.0 Å². The molecule has 1 heterocycles. The lowest BCUT2D eigenvalue weighted by Gasteiger charge is -2.08. The molecule has 7 heteroatoms. The first-order chi connectivity index (χ1) is 6.97. The number of carbonyl (C=O) groups excluding carboxylic acids is 1. The van der Waals surface area contributed by atoms with E-state index in [1.54, 1.807) is 0 Å². The molecule has 0 amide bonds. The molecule has 0 unspecified atom stereocenters. The minimum Gasteiger partial charge on any atom is -0.464 e. The highest BCUT2D eigenvalue weighted by atomic mass is 35.5. The Morgan fingerprint density at radius 2 is 2.27 bits per heavy atom. The maximum Gasteiger partial charge on any atom is 0.357 e. The first-order valence-electron chi connectivity index (χ1n) is 3.79. The number of hydrogen-bond acceptors (Lipinski definition) is 4. The Bertz CT molecular complexity index is 398. The lowest BCUT2D eigenvalue weighted by Crippen LogP contribution is -2.11. The highest BCUT2D eigenvalue weighted by Gasteiger charge is 2.22. The number of methoxy groups -OCH3 is 1. The van der Waals surface area contributed by atoms with Crippen molar-refractivity contribution in [3.63, 3.8) is 0 Å². The van der Waals surface area contributed by atoms with Crippen molar-refractivity contribution in [3.8, 4) is 0 Å². The van der Waals surface area contributed by atoms with Crippen LogP contribution < -0.4 is 5.73 Å². The summed E-state index contributed by atoms with van der Waals surface area (Å²) >= 11 is 5.50. The number of nitrogens with two attached hydrogens (primary N) is 1. The normalized spacial score (nSPS) is 10.5. The zero-order valence-corrected chi connectivity index (χ0v) is 8.39. The van der Waals surface area contributed by atoms with E-state index in [4.69, 9.17) is 17.3 Å². The number of esters is 1. The summed E-state index contributed by atoms with van der Waals surface area (Å²) in [5.41, 5.74) is 4.17. The number of pyridine rings is 1. The van der Waals surface area contributed by atoms with Crippen LogP contribution in [0.25, 0.3) is 0 Å². The van der Waals surface area contributed by atoms with E-state index in [9.17, 15) is 13.6 Å². The third-order valence-electron chi connectivity index (χ3n) is 1.65. The lowest BCUT2D eigenvalue weighted by molar-refractivity contribution is 0.0582. The maximum atomic E-state index is 12.5. The van der Waals surface area contributed by atoms with Gasteiger partial charge in [0.2, 0.25) is 0 Å². The SMILES string of the molecule is COC(=O)c1nc(N)c(Cl)cc1C(F)F. The summed E-state index contributed by atoms with van der Waals surface area (Å²) in [7, 11) is 1.06. The highest BCUT2D eigenvalue weighted by Crippen LogP contribution is 2.28. The molecule has 1 aromatic rings. The molecule has 4 nitrogen and oxygen atoms in total. The number of rotatable bonds is 2. The third-order valence-corrected chi connectivity index (χ3v) is 1.95. The van der Waals surface area contributed by atoms with Gasteiger partial charge in [0.05, 0.1) is 17.7 Å². The summed E-state index contributed by atoms with van der Waals surface area (Å²) in [6.45, 7) is 0. The van der Waals surface area contributed by atoms with Crippen molar-refractivity contribution in [3.05, 3.63) is 22.3 Å². The maximum absolute atomic E-state index is 12.5. The summed E-state index contributed by atoms with van der Waals surface area (Å²) in [5, 5.41) is -0.127. The fourth-order valence-electron chi connectivity index (χ4n) is 0.944. The Kier molecular flexibility index (Phi) is 3.41.